The third-order valence-corrected chi connectivity index (χ3v) is 10.4. The number of fused-ring (bicyclic) bond motifs is 1. The fraction of sp³-hybridized carbons (Fsp3) is 0.625. The molecule has 118 valence electrons. The van der Waals surface area contributed by atoms with Crippen LogP contribution in [0.1, 0.15) is 47.2 Å². The summed E-state index contributed by atoms with van der Waals surface area (Å²) in [4.78, 5) is 9.44. The first-order chi connectivity index (χ1) is 9.72. The number of halogens is 1. The molecule has 0 saturated heterocycles. The minimum absolute atomic E-state index is 0.604. The van der Waals surface area contributed by atoms with Crippen molar-refractivity contribution in [2.24, 2.45) is 0 Å². The quantitative estimate of drug-likeness (QED) is 0.643. The van der Waals surface area contributed by atoms with Crippen molar-refractivity contribution >= 4 is 44.0 Å². The zero-order chi connectivity index (χ0) is 15.9. The van der Waals surface area contributed by atoms with Gasteiger partial charge in [-0.05, 0) is 29.5 Å². The first kappa shape index (κ1) is 17.1. The SMILES string of the molecule is Cc1cnc2c(n1)c(I)cn2S(C(C)C)(C(C)C)C(C)C. The number of aryl methyl sites for hydroxylation is 1. The van der Waals surface area contributed by atoms with Gasteiger partial charge in [0.15, 0.2) is 5.65 Å². The maximum Gasteiger partial charge on any atom is 0.168 e. The summed E-state index contributed by atoms with van der Waals surface area (Å²) < 4.78 is 3.69. The summed E-state index contributed by atoms with van der Waals surface area (Å²) in [5, 5.41) is 1.81. The topological polar surface area (TPSA) is 30.7 Å². The van der Waals surface area contributed by atoms with Crippen LogP contribution in [0.3, 0.4) is 0 Å². The molecule has 5 heteroatoms. The van der Waals surface area contributed by atoms with Crippen molar-refractivity contribution in [3.05, 3.63) is 21.7 Å². The van der Waals surface area contributed by atoms with Crippen LogP contribution in [0.25, 0.3) is 11.2 Å². The van der Waals surface area contributed by atoms with Crippen LogP contribution in [0.4, 0.5) is 0 Å². The molecule has 0 aliphatic rings. The molecular formula is C16H26IN3S. The van der Waals surface area contributed by atoms with E-state index >= 15 is 0 Å². The first-order valence-corrected chi connectivity index (χ1v) is 10.4. The number of hydrogen-bond acceptors (Lipinski definition) is 2. The van der Waals surface area contributed by atoms with Gasteiger partial charge in [-0.15, -0.1) is 0 Å². The summed E-state index contributed by atoms with van der Waals surface area (Å²) in [5.74, 6) is 0. The Bertz CT molecular complexity index is 624. The van der Waals surface area contributed by atoms with Gasteiger partial charge in [0, 0.05) is 21.9 Å². The number of aromatic nitrogens is 3. The van der Waals surface area contributed by atoms with Crippen LogP contribution in [-0.4, -0.2) is 29.7 Å². The number of rotatable bonds is 4. The van der Waals surface area contributed by atoms with Gasteiger partial charge >= 0.3 is 0 Å². The molecule has 0 aliphatic heterocycles. The van der Waals surface area contributed by atoms with Crippen molar-refractivity contribution in [3.8, 4) is 0 Å². The summed E-state index contributed by atoms with van der Waals surface area (Å²) in [6.07, 6.45) is 4.17. The highest BCUT2D eigenvalue weighted by Crippen LogP contribution is 2.62. The Hall–Kier alpha value is -0.300. The first-order valence-electron chi connectivity index (χ1n) is 7.53. The van der Waals surface area contributed by atoms with E-state index in [-0.39, 0.29) is 0 Å². The molecule has 0 N–H and O–H groups in total. The molecule has 0 fully saturated rings. The van der Waals surface area contributed by atoms with Crippen LogP contribution in [-0.2, 0) is 0 Å². The highest BCUT2D eigenvalue weighted by Gasteiger charge is 2.38. The Labute approximate surface area is 143 Å². The minimum Gasteiger partial charge on any atom is -0.291 e. The fourth-order valence-corrected chi connectivity index (χ4v) is 9.75. The monoisotopic (exact) mass is 419 g/mol. The standard InChI is InChI=1S/C16H26IN3S/c1-10(2)21(11(3)4,12(5)6)20-9-14(17)15-16(20)18-8-13(7)19-15/h8-12H,1-7H3. The molecule has 0 aliphatic carbocycles. The van der Waals surface area contributed by atoms with Gasteiger partial charge in [-0.1, -0.05) is 41.5 Å². The predicted molar refractivity (Wildman–Crippen MR) is 103 cm³/mol. The van der Waals surface area contributed by atoms with Crippen LogP contribution < -0.4 is 0 Å². The molecule has 3 nitrogen and oxygen atoms in total. The second kappa shape index (κ2) is 6.07. The second-order valence-corrected chi connectivity index (χ2v) is 12.2. The average molecular weight is 419 g/mol. The third kappa shape index (κ3) is 2.60. The summed E-state index contributed by atoms with van der Waals surface area (Å²) in [6.45, 7) is 16.1. The normalized spacial score (nSPS) is 13.9. The Morgan fingerprint density at radius 3 is 2.05 bits per heavy atom. The van der Waals surface area contributed by atoms with Gasteiger partial charge in [0.2, 0.25) is 0 Å². The Balaban J connectivity index is 2.83. The van der Waals surface area contributed by atoms with Crippen molar-refractivity contribution in [2.75, 3.05) is 0 Å². The molecule has 0 unspecified atom stereocenters. The van der Waals surface area contributed by atoms with E-state index < -0.39 is 10.2 Å². The smallest absolute Gasteiger partial charge is 0.168 e. The van der Waals surface area contributed by atoms with E-state index in [1.54, 1.807) is 0 Å². The summed E-state index contributed by atoms with van der Waals surface area (Å²) in [6, 6.07) is 0. The second-order valence-electron chi connectivity index (χ2n) is 6.36. The molecule has 0 saturated carbocycles. The molecular weight excluding hydrogens is 393 g/mol. The lowest BCUT2D eigenvalue weighted by Gasteiger charge is -2.52. The zero-order valence-electron chi connectivity index (χ0n) is 14.0. The molecule has 21 heavy (non-hydrogen) atoms. The molecule has 2 heterocycles. The van der Waals surface area contributed by atoms with E-state index in [0.29, 0.717) is 15.7 Å². The van der Waals surface area contributed by atoms with Crippen molar-refractivity contribution < 1.29 is 0 Å². The molecule has 0 bridgehead atoms. The Morgan fingerprint density at radius 2 is 1.57 bits per heavy atom. The van der Waals surface area contributed by atoms with Crippen LogP contribution >= 0.6 is 32.8 Å². The molecule has 0 atom stereocenters. The Morgan fingerprint density at radius 1 is 1.05 bits per heavy atom. The van der Waals surface area contributed by atoms with E-state index in [1.807, 2.05) is 13.1 Å². The summed E-state index contributed by atoms with van der Waals surface area (Å²) in [5.41, 5.74) is 3.09. The van der Waals surface area contributed by atoms with Crippen LogP contribution in [0.2, 0.25) is 0 Å². The number of hydrogen-bond donors (Lipinski definition) is 0. The van der Waals surface area contributed by atoms with E-state index in [4.69, 9.17) is 9.97 Å². The molecule has 0 amide bonds. The maximum atomic E-state index is 4.73. The lowest BCUT2D eigenvalue weighted by atomic mass is 10.4. The summed E-state index contributed by atoms with van der Waals surface area (Å²) in [7, 11) is -1.03. The lowest BCUT2D eigenvalue weighted by molar-refractivity contribution is 0.911. The molecule has 0 radical (unpaired) electrons. The van der Waals surface area contributed by atoms with Gasteiger partial charge in [0.1, 0.15) is 5.52 Å². The van der Waals surface area contributed by atoms with Gasteiger partial charge in [-0.3, -0.25) is 3.97 Å². The maximum absolute atomic E-state index is 4.73. The van der Waals surface area contributed by atoms with Gasteiger partial charge < -0.3 is 0 Å². The molecule has 2 rings (SSSR count). The fourth-order valence-electron chi connectivity index (χ4n) is 3.57. The van der Waals surface area contributed by atoms with Crippen LogP contribution in [0.5, 0.6) is 0 Å². The van der Waals surface area contributed by atoms with Gasteiger partial charge in [0.05, 0.1) is 15.5 Å². The van der Waals surface area contributed by atoms with E-state index in [1.165, 1.54) is 3.57 Å². The molecule has 2 aromatic rings. The van der Waals surface area contributed by atoms with Gasteiger partial charge in [0.25, 0.3) is 0 Å². The van der Waals surface area contributed by atoms with Crippen molar-refractivity contribution in [2.45, 2.75) is 64.2 Å². The third-order valence-electron chi connectivity index (χ3n) is 4.15. The van der Waals surface area contributed by atoms with Crippen molar-refractivity contribution in [3.63, 3.8) is 0 Å². The van der Waals surface area contributed by atoms with Gasteiger partial charge in [-0.25, -0.2) is 9.97 Å². The highest BCUT2D eigenvalue weighted by molar-refractivity contribution is 14.1. The van der Waals surface area contributed by atoms with Crippen molar-refractivity contribution in [1.82, 2.24) is 13.9 Å². The summed E-state index contributed by atoms with van der Waals surface area (Å²) >= 11 is 2.40. The Kier molecular flexibility index (Phi) is 4.93. The highest BCUT2D eigenvalue weighted by atomic mass is 127. The molecule has 0 aromatic carbocycles. The predicted octanol–water partition coefficient (Wildman–Crippen LogP) is 5.14. The van der Waals surface area contributed by atoms with Gasteiger partial charge in [-0.2, -0.15) is 10.2 Å². The largest absolute Gasteiger partial charge is 0.291 e. The zero-order valence-corrected chi connectivity index (χ0v) is 17.0. The lowest BCUT2D eigenvalue weighted by Crippen LogP contribution is -2.34. The van der Waals surface area contributed by atoms with E-state index in [2.05, 4.69) is 74.3 Å². The number of nitrogens with zero attached hydrogens (tertiary/aromatic N) is 3. The van der Waals surface area contributed by atoms with E-state index in [0.717, 1.165) is 16.9 Å². The van der Waals surface area contributed by atoms with Crippen LogP contribution in [0, 0.1) is 10.5 Å². The van der Waals surface area contributed by atoms with Crippen LogP contribution in [0.15, 0.2) is 12.4 Å². The molecule has 2 aromatic heterocycles. The minimum atomic E-state index is -1.03. The van der Waals surface area contributed by atoms with E-state index in [9.17, 15) is 0 Å². The average Bonchev–Trinajstić information content (AvgIpc) is 2.66. The van der Waals surface area contributed by atoms with Crippen molar-refractivity contribution in [1.29, 1.82) is 0 Å². The molecule has 0 spiro atoms.